The van der Waals surface area contributed by atoms with E-state index in [-0.39, 0.29) is 24.3 Å². The number of carbonyl (C=O) groups is 2. The smallest absolute Gasteiger partial charge is 0.308 e. The third kappa shape index (κ3) is 2.66. The van der Waals surface area contributed by atoms with Crippen LogP contribution in [0.5, 0.6) is 0 Å². The molecule has 0 saturated carbocycles. The van der Waals surface area contributed by atoms with Gasteiger partial charge in [0.1, 0.15) is 0 Å². The lowest BCUT2D eigenvalue weighted by Gasteiger charge is -2.48. The standard InChI is InChI=1S/C13H23NO4/c1-8-6-10(15)14(13(3,4)7-18-5)9(2)11(8)12(16)17/h8-9,11H,6-7H2,1-5H3,(H,16,17). The Labute approximate surface area is 108 Å². The Bertz CT molecular complexity index is 340. The summed E-state index contributed by atoms with van der Waals surface area (Å²) in [5, 5.41) is 9.31. The third-order valence-corrected chi connectivity index (χ3v) is 3.74. The maximum absolute atomic E-state index is 12.2. The van der Waals surface area contributed by atoms with Gasteiger partial charge in [0.25, 0.3) is 0 Å². The van der Waals surface area contributed by atoms with E-state index in [1.807, 2.05) is 27.7 Å². The van der Waals surface area contributed by atoms with Crippen LogP contribution in [0.3, 0.4) is 0 Å². The van der Waals surface area contributed by atoms with Gasteiger partial charge in [0.15, 0.2) is 0 Å². The Hall–Kier alpha value is -1.10. The monoisotopic (exact) mass is 257 g/mol. The Morgan fingerprint density at radius 2 is 2.06 bits per heavy atom. The number of nitrogens with zero attached hydrogens (tertiary/aromatic N) is 1. The number of hydrogen-bond acceptors (Lipinski definition) is 3. The molecule has 1 fully saturated rings. The summed E-state index contributed by atoms with van der Waals surface area (Å²) < 4.78 is 5.14. The molecule has 1 aliphatic heterocycles. The van der Waals surface area contributed by atoms with Crippen molar-refractivity contribution in [3.05, 3.63) is 0 Å². The average Bonchev–Trinajstić information content (AvgIpc) is 2.14. The Balaban J connectivity index is 3.03. The lowest BCUT2D eigenvalue weighted by molar-refractivity contribution is -0.162. The maximum Gasteiger partial charge on any atom is 0.308 e. The predicted octanol–water partition coefficient (Wildman–Crippen LogP) is 1.37. The van der Waals surface area contributed by atoms with Crippen molar-refractivity contribution < 1.29 is 19.4 Å². The van der Waals surface area contributed by atoms with Crippen LogP contribution in [0, 0.1) is 11.8 Å². The topological polar surface area (TPSA) is 66.8 Å². The number of likely N-dealkylation sites (tertiary alicyclic amines) is 1. The molecule has 1 amide bonds. The van der Waals surface area contributed by atoms with Crippen LogP contribution in [0.1, 0.15) is 34.1 Å². The summed E-state index contributed by atoms with van der Waals surface area (Å²) in [6.07, 6.45) is 0.286. The highest BCUT2D eigenvalue weighted by Crippen LogP contribution is 2.34. The van der Waals surface area contributed by atoms with Crippen LogP contribution in [0.2, 0.25) is 0 Å². The first kappa shape index (κ1) is 15.0. The summed E-state index contributed by atoms with van der Waals surface area (Å²) in [6, 6.07) is -0.316. The summed E-state index contributed by atoms with van der Waals surface area (Å²) in [4.78, 5) is 25.2. The number of rotatable bonds is 4. The largest absolute Gasteiger partial charge is 0.481 e. The first-order valence-electron chi connectivity index (χ1n) is 6.26. The van der Waals surface area contributed by atoms with E-state index in [1.165, 1.54) is 0 Å². The highest BCUT2D eigenvalue weighted by molar-refractivity contribution is 5.82. The Kier molecular flexibility index (Phi) is 4.37. The van der Waals surface area contributed by atoms with Crippen molar-refractivity contribution >= 4 is 11.9 Å². The molecule has 0 aromatic carbocycles. The van der Waals surface area contributed by atoms with E-state index in [9.17, 15) is 14.7 Å². The first-order chi connectivity index (χ1) is 8.22. The van der Waals surface area contributed by atoms with Crippen LogP contribution in [-0.2, 0) is 14.3 Å². The number of methoxy groups -OCH3 is 1. The van der Waals surface area contributed by atoms with Crippen molar-refractivity contribution in [1.29, 1.82) is 0 Å². The van der Waals surface area contributed by atoms with Crippen LogP contribution < -0.4 is 0 Å². The second-order valence-corrected chi connectivity index (χ2v) is 5.80. The fourth-order valence-corrected chi connectivity index (χ4v) is 3.13. The maximum atomic E-state index is 12.2. The van der Waals surface area contributed by atoms with E-state index in [1.54, 1.807) is 12.0 Å². The van der Waals surface area contributed by atoms with Crippen LogP contribution >= 0.6 is 0 Å². The fourth-order valence-electron chi connectivity index (χ4n) is 3.13. The minimum Gasteiger partial charge on any atom is -0.481 e. The number of carboxylic acids is 1. The molecule has 1 aliphatic rings. The quantitative estimate of drug-likeness (QED) is 0.826. The number of hydrogen-bond donors (Lipinski definition) is 1. The number of aliphatic carboxylic acids is 1. The van der Waals surface area contributed by atoms with Gasteiger partial charge >= 0.3 is 5.97 Å². The number of amides is 1. The average molecular weight is 257 g/mol. The zero-order valence-electron chi connectivity index (χ0n) is 11.8. The van der Waals surface area contributed by atoms with Crippen molar-refractivity contribution in [2.45, 2.75) is 45.7 Å². The second kappa shape index (κ2) is 5.26. The van der Waals surface area contributed by atoms with Gasteiger partial charge in [-0.1, -0.05) is 6.92 Å². The number of carboxylic acid groups (broad SMARTS) is 1. The lowest BCUT2D eigenvalue weighted by Crippen LogP contribution is -2.61. The van der Waals surface area contributed by atoms with E-state index < -0.39 is 17.4 Å². The number of ether oxygens (including phenoxy) is 1. The summed E-state index contributed by atoms with van der Waals surface area (Å²) in [7, 11) is 1.58. The van der Waals surface area contributed by atoms with Crippen LogP contribution in [0.15, 0.2) is 0 Å². The van der Waals surface area contributed by atoms with Gasteiger partial charge in [-0.3, -0.25) is 9.59 Å². The van der Waals surface area contributed by atoms with Gasteiger partial charge in [-0.05, 0) is 26.7 Å². The van der Waals surface area contributed by atoms with Crippen molar-refractivity contribution in [2.24, 2.45) is 11.8 Å². The summed E-state index contributed by atoms with van der Waals surface area (Å²) in [5.74, 6) is -1.46. The number of piperidine rings is 1. The molecule has 104 valence electrons. The van der Waals surface area contributed by atoms with E-state index in [0.717, 1.165) is 0 Å². The molecule has 1 saturated heterocycles. The molecular formula is C13H23NO4. The molecular weight excluding hydrogens is 234 g/mol. The molecule has 0 spiro atoms. The summed E-state index contributed by atoms with van der Waals surface area (Å²) in [5.41, 5.74) is -0.487. The molecule has 5 heteroatoms. The van der Waals surface area contributed by atoms with E-state index >= 15 is 0 Å². The van der Waals surface area contributed by atoms with E-state index in [2.05, 4.69) is 0 Å². The molecule has 0 radical (unpaired) electrons. The minimum atomic E-state index is -0.833. The van der Waals surface area contributed by atoms with Gasteiger partial charge in [-0.25, -0.2) is 0 Å². The molecule has 3 unspecified atom stereocenters. The molecule has 0 aromatic rings. The molecule has 0 bridgehead atoms. The van der Waals surface area contributed by atoms with Crippen LogP contribution in [-0.4, -0.2) is 47.2 Å². The normalized spacial score (nSPS) is 29.5. The van der Waals surface area contributed by atoms with Gasteiger partial charge in [0, 0.05) is 19.6 Å². The third-order valence-electron chi connectivity index (χ3n) is 3.74. The van der Waals surface area contributed by atoms with Crippen LogP contribution in [0.25, 0.3) is 0 Å². The fraction of sp³-hybridized carbons (Fsp3) is 0.846. The van der Waals surface area contributed by atoms with Gasteiger partial charge in [0.2, 0.25) is 5.91 Å². The number of carbonyl (C=O) groups excluding carboxylic acids is 1. The zero-order valence-corrected chi connectivity index (χ0v) is 11.8. The molecule has 1 heterocycles. The van der Waals surface area contributed by atoms with Crippen molar-refractivity contribution in [3.8, 4) is 0 Å². The molecule has 18 heavy (non-hydrogen) atoms. The molecule has 5 nitrogen and oxygen atoms in total. The Morgan fingerprint density at radius 1 is 1.50 bits per heavy atom. The highest BCUT2D eigenvalue weighted by atomic mass is 16.5. The minimum absolute atomic E-state index is 0.00884. The molecule has 3 atom stereocenters. The van der Waals surface area contributed by atoms with Gasteiger partial charge in [0.05, 0.1) is 18.1 Å². The zero-order chi connectivity index (χ0) is 14.1. The molecule has 0 aromatic heterocycles. The summed E-state index contributed by atoms with van der Waals surface area (Å²) >= 11 is 0. The van der Waals surface area contributed by atoms with E-state index in [0.29, 0.717) is 6.61 Å². The summed E-state index contributed by atoms with van der Waals surface area (Å²) in [6.45, 7) is 7.83. The van der Waals surface area contributed by atoms with Crippen molar-refractivity contribution in [3.63, 3.8) is 0 Å². The van der Waals surface area contributed by atoms with E-state index in [4.69, 9.17) is 4.74 Å². The van der Waals surface area contributed by atoms with Gasteiger partial charge in [-0.2, -0.15) is 0 Å². The van der Waals surface area contributed by atoms with Crippen molar-refractivity contribution in [2.75, 3.05) is 13.7 Å². The molecule has 1 rings (SSSR count). The Morgan fingerprint density at radius 3 is 2.50 bits per heavy atom. The van der Waals surface area contributed by atoms with Gasteiger partial charge < -0.3 is 14.7 Å². The van der Waals surface area contributed by atoms with Crippen molar-refractivity contribution in [1.82, 2.24) is 4.90 Å². The molecule has 0 aliphatic carbocycles. The first-order valence-corrected chi connectivity index (χ1v) is 6.26. The lowest BCUT2D eigenvalue weighted by atomic mass is 9.79. The van der Waals surface area contributed by atoms with Gasteiger partial charge in [-0.15, -0.1) is 0 Å². The second-order valence-electron chi connectivity index (χ2n) is 5.80. The highest BCUT2D eigenvalue weighted by Gasteiger charge is 2.46. The SMILES string of the molecule is COCC(C)(C)N1C(=O)CC(C)C(C(=O)O)C1C. The molecule has 1 N–H and O–H groups in total. The predicted molar refractivity (Wildman–Crippen MR) is 67.2 cm³/mol. The van der Waals surface area contributed by atoms with Crippen LogP contribution in [0.4, 0.5) is 0 Å².